The second-order valence-corrected chi connectivity index (χ2v) is 7.28. The zero-order valence-corrected chi connectivity index (χ0v) is 17.5. The molecule has 3 N–H and O–H groups in total. The van der Waals surface area contributed by atoms with Crippen molar-refractivity contribution in [1.29, 1.82) is 0 Å². The molecule has 1 heterocycles. The number of nitrogens with one attached hydrogen (secondary N) is 1. The lowest BCUT2D eigenvalue weighted by atomic mass is 9.82. The zero-order valence-electron chi connectivity index (χ0n) is 17.5. The van der Waals surface area contributed by atoms with E-state index in [-0.39, 0.29) is 18.2 Å². The third-order valence-electron chi connectivity index (χ3n) is 5.39. The van der Waals surface area contributed by atoms with E-state index in [0.29, 0.717) is 11.6 Å². The Morgan fingerprint density at radius 3 is 2.57 bits per heavy atom. The Hall–Kier alpha value is -1.95. The van der Waals surface area contributed by atoms with Gasteiger partial charge in [0.1, 0.15) is 5.75 Å². The molecule has 3 rings (SSSR count). The molecule has 1 aromatic carbocycles. The molecule has 0 bridgehead atoms. The van der Waals surface area contributed by atoms with Crippen LogP contribution in [0.15, 0.2) is 18.2 Å². The standard InChI is InChI=1S/C20H30N2O4.C2H6/c1-24-20(23)15-7-5-14(6-8-15)13-22-18-12-16(9-10-17(18)21)26-19-4-2-3-11-25-19;1-2/h9-10,12,14-15,19,22H,2-8,11,13,21H2,1H3;1-2H3. The van der Waals surface area contributed by atoms with E-state index in [2.05, 4.69) is 5.32 Å². The molecule has 2 aliphatic rings. The van der Waals surface area contributed by atoms with Gasteiger partial charge in [0.05, 0.1) is 31.0 Å². The van der Waals surface area contributed by atoms with E-state index in [1.54, 1.807) is 0 Å². The Kier molecular flexibility index (Phi) is 9.41. The van der Waals surface area contributed by atoms with Crippen molar-refractivity contribution >= 4 is 17.3 Å². The highest BCUT2D eigenvalue weighted by molar-refractivity contribution is 5.72. The number of nitrogen functional groups attached to an aromatic ring is 1. The predicted octanol–water partition coefficient (Wildman–Crippen LogP) is 4.59. The number of benzene rings is 1. The number of hydrogen-bond donors (Lipinski definition) is 2. The second kappa shape index (κ2) is 11.8. The Balaban J connectivity index is 0.00000136. The molecule has 1 saturated carbocycles. The van der Waals surface area contributed by atoms with E-state index in [9.17, 15) is 4.79 Å². The van der Waals surface area contributed by atoms with E-state index in [0.717, 1.165) is 69.5 Å². The molecular formula is C22H36N2O4. The second-order valence-electron chi connectivity index (χ2n) is 7.28. The maximum Gasteiger partial charge on any atom is 0.308 e. The van der Waals surface area contributed by atoms with Crippen molar-refractivity contribution in [2.75, 3.05) is 31.3 Å². The minimum absolute atomic E-state index is 0.0635. The molecule has 0 spiro atoms. The first-order chi connectivity index (χ1) is 13.7. The third-order valence-corrected chi connectivity index (χ3v) is 5.39. The summed E-state index contributed by atoms with van der Waals surface area (Å²) in [4.78, 5) is 11.6. The van der Waals surface area contributed by atoms with Gasteiger partial charge in [-0.2, -0.15) is 0 Å². The summed E-state index contributed by atoms with van der Waals surface area (Å²) in [6.07, 6.45) is 6.86. The first-order valence-corrected chi connectivity index (χ1v) is 10.6. The minimum Gasteiger partial charge on any atom is -0.469 e. The Morgan fingerprint density at radius 2 is 1.93 bits per heavy atom. The smallest absolute Gasteiger partial charge is 0.308 e. The number of esters is 1. The molecule has 0 aromatic heterocycles. The summed E-state index contributed by atoms with van der Waals surface area (Å²) in [5.74, 6) is 1.31. The highest BCUT2D eigenvalue weighted by Gasteiger charge is 2.26. The van der Waals surface area contributed by atoms with Gasteiger partial charge in [0, 0.05) is 19.0 Å². The fourth-order valence-corrected chi connectivity index (χ4v) is 3.74. The van der Waals surface area contributed by atoms with E-state index in [1.165, 1.54) is 7.11 Å². The van der Waals surface area contributed by atoms with Crippen LogP contribution in [0, 0.1) is 11.8 Å². The lowest BCUT2D eigenvalue weighted by Crippen LogP contribution is -2.26. The first-order valence-electron chi connectivity index (χ1n) is 10.6. The summed E-state index contributed by atoms with van der Waals surface area (Å²) in [6.45, 7) is 5.61. The number of ether oxygens (including phenoxy) is 3. The number of methoxy groups -OCH3 is 1. The molecule has 6 heteroatoms. The van der Waals surface area contributed by atoms with E-state index >= 15 is 0 Å². The average Bonchev–Trinajstić information content (AvgIpc) is 2.76. The average molecular weight is 393 g/mol. The fraction of sp³-hybridized carbons (Fsp3) is 0.682. The van der Waals surface area contributed by atoms with Crippen LogP contribution in [0.2, 0.25) is 0 Å². The van der Waals surface area contributed by atoms with Gasteiger partial charge in [-0.05, 0) is 56.6 Å². The van der Waals surface area contributed by atoms with E-state index in [4.69, 9.17) is 19.9 Å². The molecule has 1 unspecified atom stereocenters. The van der Waals surface area contributed by atoms with E-state index < -0.39 is 0 Å². The highest BCUT2D eigenvalue weighted by Crippen LogP contribution is 2.31. The van der Waals surface area contributed by atoms with Crippen molar-refractivity contribution in [3.63, 3.8) is 0 Å². The number of hydrogen-bond acceptors (Lipinski definition) is 6. The van der Waals surface area contributed by atoms with Gasteiger partial charge >= 0.3 is 5.97 Å². The Labute approximate surface area is 169 Å². The number of carbonyl (C=O) groups excluding carboxylic acids is 1. The molecule has 1 saturated heterocycles. The van der Waals surface area contributed by atoms with Crippen molar-refractivity contribution in [3.8, 4) is 5.75 Å². The summed E-state index contributed by atoms with van der Waals surface area (Å²) >= 11 is 0. The van der Waals surface area contributed by atoms with Gasteiger partial charge < -0.3 is 25.3 Å². The SMILES string of the molecule is CC.COC(=O)C1CCC(CNc2cc(OC3CCCCO3)ccc2N)CC1. The van der Waals surface area contributed by atoms with E-state index in [1.807, 2.05) is 32.0 Å². The molecular weight excluding hydrogens is 356 g/mol. The van der Waals surface area contributed by atoms with Gasteiger partial charge in [-0.15, -0.1) is 0 Å². The summed E-state index contributed by atoms with van der Waals surface area (Å²) in [5.41, 5.74) is 7.72. The molecule has 6 nitrogen and oxygen atoms in total. The largest absolute Gasteiger partial charge is 0.469 e. The lowest BCUT2D eigenvalue weighted by molar-refractivity contribution is -0.146. The van der Waals surface area contributed by atoms with Crippen molar-refractivity contribution < 1.29 is 19.0 Å². The molecule has 0 radical (unpaired) electrons. The summed E-state index contributed by atoms with van der Waals surface area (Å²) < 4.78 is 16.4. The molecule has 1 aliphatic heterocycles. The Bertz CT molecular complexity index is 594. The van der Waals surface area contributed by atoms with Gasteiger partial charge in [0.2, 0.25) is 0 Å². The summed E-state index contributed by atoms with van der Waals surface area (Å²) in [5, 5.41) is 3.46. The van der Waals surface area contributed by atoms with Crippen molar-refractivity contribution in [2.24, 2.45) is 11.8 Å². The Morgan fingerprint density at radius 1 is 1.18 bits per heavy atom. The van der Waals surface area contributed by atoms with Crippen LogP contribution in [0.1, 0.15) is 58.8 Å². The van der Waals surface area contributed by atoms with Crippen LogP contribution in [-0.2, 0) is 14.3 Å². The number of nitrogens with two attached hydrogens (primary N) is 1. The molecule has 2 fully saturated rings. The van der Waals surface area contributed by atoms with Crippen LogP contribution < -0.4 is 15.8 Å². The zero-order chi connectivity index (χ0) is 20.4. The van der Waals surface area contributed by atoms with Gasteiger partial charge in [-0.1, -0.05) is 13.8 Å². The molecule has 1 aliphatic carbocycles. The summed E-state index contributed by atoms with van der Waals surface area (Å²) in [6, 6.07) is 5.71. The molecule has 158 valence electrons. The topological polar surface area (TPSA) is 82.8 Å². The molecule has 28 heavy (non-hydrogen) atoms. The lowest BCUT2D eigenvalue weighted by Gasteiger charge is -2.27. The van der Waals surface area contributed by atoms with Crippen LogP contribution >= 0.6 is 0 Å². The van der Waals surface area contributed by atoms with Crippen LogP contribution in [0.4, 0.5) is 11.4 Å². The van der Waals surface area contributed by atoms with Crippen molar-refractivity contribution in [1.82, 2.24) is 0 Å². The van der Waals surface area contributed by atoms with Crippen LogP contribution in [-0.4, -0.2) is 32.5 Å². The summed E-state index contributed by atoms with van der Waals surface area (Å²) in [7, 11) is 1.46. The number of anilines is 2. The minimum atomic E-state index is -0.158. The number of rotatable bonds is 6. The van der Waals surface area contributed by atoms with Crippen LogP contribution in [0.25, 0.3) is 0 Å². The van der Waals surface area contributed by atoms with Gasteiger partial charge in [0.25, 0.3) is 0 Å². The molecule has 1 aromatic rings. The number of carbonyl (C=O) groups is 1. The fourth-order valence-electron chi connectivity index (χ4n) is 3.74. The molecule has 0 amide bonds. The molecule has 1 atom stereocenters. The third kappa shape index (κ3) is 6.59. The maximum absolute atomic E-state index is 11.6. The first kappa shape index (κ1) is 22.3. The van der Waals surface area contributed by atoms with Gasteiger partial charge in [-0.25, -0.2) is 0 Å². The predicted molar refractivity (Wildman–Crippen MR) is 112 cm³/mol. The van der Waals surface area contributed by atoms with Crippen LogP contribution in [0.5, 0.6) is 5.75 Å². The van der Waals surface area contributed by atoms with Crippen molar-refractivity contribution in [3.05, 3.63) is 18.2 Å². The van der Waals surface area contributed by atoms with Crippen molar-refractivity contribution in [2.45, 2.75) is 65.1 Å². The van der Waals surface area contributed by atoms with Gasteiger partial charge in [0.15, 0.2) is 6.29 Å². The van der Waals surface area contributed by atoms with Crippen LogP contribution in [0.3, 0.4) is 0 Å². The monoisotopic (exact) mass is 392 g/mol. The quantitative estimate of drug-likeness (QED) is 0.544. The highest BCUT2D eigenvalue weighted by atomic mass is 16.7. The maximum atomic E-state index is 11.6. The normalized spacial score (nSPS) is 24.5. The van der Waals surface area contributed by atoms with Gasteiger partial charge in [-0.3, -0.25) is 4.79 Å².